The van der Waals surface area contributed by atoms with Crippen LogP contribution in [0, 0.1) is 5.41 Å². The second-order valence-electron chi connectivity index (χ2n) is 5.28. The van der Waals surface area contributed by atoms with Crippen LogP contribution in [0.3, 0.4) is 0 Å². The van der Waals surface area contributed by atoms with Crippen molar-refractivity contribution in [1.82, 2.24) is 10.2 Å². The Kier molecular flexibility index (Phi) is 4.17. The van der Waals surface area contributed by atoms with Crippen molar-refractivity contribution in [3.05, 3.63) is 17.8 Å². The van der Waals surface area contributed by atoms with Crippen molar-refractivity contribution in [2.24, 2.45) is 11.1 Å². The summed E-state index contributed by atoms with van der Waals surface area (Å²) in [4.78, 5) is 2.34. The summed E-state index contributed by atoms with van der Waals surface area (Å²) in [5.41, 5.74) is 6.94. The summed E-state index contributed by atoms with van der Waals surface area (Å²) >= 11 is 0. The molecule has 2 heterocycles. The molecule has 0 radical (unpaired) electrons. The van der Waals surface area contributed by atoms with Gasteiger partial charge in [0.2, 0.25) is 0 Å². The Labute approximate surface area is 110 Å². The molecule has 1 saturated heterocycles. The molecule has 0 aliphatic carbocycles. The molecule has 1 aliphatic rings. The maximum absolute atomic E-state index is 5.53. The summed E-state index contributed by atoms with van der Waals surface area (Å²) in [6, 6.07) is 4.02. The molecule has 0 unspecified atom stereocenters. The molecule has 2 N–H and O–H groups in total. The molecular formula is C14H24N4. The minimum Gasteiger partial charge on any atom is -0.355 e. The highest BCUT2D eigenvalue weighted by atomic mass is 15.3. The van der Waals surface area contributed by atoms with Crippen LogP contribution in [0.5, 0.6) is 0 Å². The van der Waals surface area contributed by atoms with Crippen LogP contribution in [0.2, 0.25) is 0 Å². The van der Waals surface area contributed by atoms with E-state index in [1.807, 2.05) is 12.1 Å². The van der Waals surface area contributed by atoms with E-state index in [2.05, 4.69) is 28.9 Å². The van der Waals surface area contributed by atoms with Crippen LogP contribution < -0.4 is 10.6 Å². The highest BCUT2D eigenvalue weighted by molar-refractivity contribution is 5.38. The normalized spacial score (nSPS) is 18.9. The summed E-state index contributed by atoms with van der Waals surface area (Å²) in [7, 11) is 0. The molecule has 100 valence electrons. The van der Waals surface area contributed by atoms with Crippen molar-refractivity contribution in [2.45, 2.75) is 46.1 Å². The van der Waals surface area contributed by atoms with E-state index in [-0.39, 0.29) is 0 Å². The average Bonchev–Trinajstić information content (AvgIpc) is 2.47. The zero-order chi connectivity index (χ0) is 13.0. The first kappa shape index (κ1) is 13.3. The molecule has 0 aromatic carbocycles. The SMILES string of the molecule is CCC1(CC)CCN(c2ccc(CN)nn2)CC1. The summed E-state index contributed by atoms with van der Waals surface area (Å²) < 4.78 is 0. The van der Waals surface area contributed by atoms with Crippen molar-refractivity contribution in [1.29, 1.82) is 0 Å². The first-order valence-corrected chi connectivity index (χ1v) is 7.00. The van der Waals surface area contributed by atoms with Crippen LogP contribution >= 0.6 is 0 Å². The summed E-state index contributed by atoms with van der Waals surface area (Å²) in [6.07, 6.45) is 5.10. The van der Waals surface area contributed by atoms with Crippen LogP contribution in [0.4, 0.5) is 5.82 Å². The Morgan fingerprint density at radius 1 is 1.17 bits per heavy atom. The van der Waals surface area contributed by atoms with Crippen LogP contribution in [0.1, 0.15) is 45.2 Å². The maximum atomic E-state index is 5.53. The fourth-order valence-electron chi connectivity index (χ4n) is 2.80. The zero-order valence-electron chi connectivity index (χ0n) is 11.5. The predicted molar refractivity (Wildman–Crippen MR) is 74.4 cm³/mol. The van der Waals surface area contributed by atoms with Gasteiger partial charge in [-0.05, 0) is 30.4 Å². The fraction of sp³-hybridized carbons (Fsp3) is 0.714. The largest absolute Gasteiger partial charge is 0.355 e. The van der Waals surface area contributed by atoms with Crippen LogP contribution in [-0.2, 0) is 6.54 Å². The first-order valence-electron chi connectivity index (χ1n) is 7.00. The molecule has 1 fully saturated rings. The number of nitrogens with zero attached hydrogens (tertiary/aromatic N) is 3. The topological polar surface area (TPSA) is 55.0 Å². The molecule has 0 amide bonds. The maximum Gasteiger partial charge on any atom is 0.151 e. The van der Waals surface area contributed by atoms with E-state index in [1.54, 1.807) is 0 Å². The fourth-order valence-corrected chi connectivity index (χ4v) is 2.80. The number of hydrogen-bond donors (Lipinski definition) is 1. The third-order valence-corrected chi connectivity index (χ3v) is 4.56. The van der Waals surface area contributed by atoms with E-state index in [0.717, 1.165) is 24.6 Å². The van der Waals surface area contributed by atoms with Crippen molar-refractivity contribution < 1.29 is 0 Å². The van der Waals surface area contributed by atoms with Gasteiger partial charge in [-0.15, -0.1) is 5.10 Å². The van der Waals surface area contributed by atoms with E-state index < -0.39 is 0 Å². The highest BCUT2D eigenvalue weighted by Gasteiger charge is 2.31. The standard InChI is InChI=1S/C14H24N4/c1-3-14(4-2)7-9-18(10-8-14)13-6-5-12(11-15)16-17-13/h5-6H,3-4,7-11,15H2,1-2H3. The first-order chi connectivity index (χ1) is 8.73. The lowest BCUT2D eigenvalue weighted by molar-refractivity contribution is 0.199. The Morgan fingerprint density at radius 2 is 1.83 bits per heavy atom. The lowest BCUT2D eigenvalue weighted by Gasteiger charge is -2.41. The third-order valence-electron chi connectivity index (χ3n) is 4.56. The number of nitrogens with two attached hydrogens (primary N) is 1. The third kappa shape index (κ3) is 2.64. The monoisotopic (exact) mass is 248 g/mol. The molecular weight excluding hydrogens is 224 g/mol. The number of piperidine rings is 1. The average molecular weight is 248 g/mol. The molecule has 4 nitrogen and oxygen atoms in total. The van der Waals surface area contributed by atoms with Crippen LogP contribution in [0.25, 0.3) is 0 Å². The van der Waals surface area contributed by atoms with Crippen LogP contribution in [-0.4, -0.2) is 23.3 Å². The Bertz CT molecular complexity index is 360. The molecule has 0 spiro atoms. The smallest absolute Gasteiger partial charge is 0.151 e. The minimum absolute atomic E-state index is 0.460. The zero-order valence-corrected chi connectivity index (χ0v) is 11.5. The van der Waals surface area contributed by atoms with Crippen molar-refractivity contribution in [2.75, 3.05) is 18.0 Å². The van der Waals surface area contributed by atoms with Gasteiger partial charge in [0.1, 0.15) is 0 Å². The molecule has 1 aliphatic heterocycles. The van der Waals surface area contributed by atoms with Gasteiger partial charge in [-0.1, -0.05) is 26.7 Å². The number of hydrogen-bond acceptors (Lipinski definition) is 4. The van der Waals surface area contributed by atoms with E-state index in [0.29, 0.717) is 12.0 Å². The van der Waals surface area contributed by atoms with Gasteiger partial charge >= 0.3 is 0 Å². The second-order valence-corrected chi connectivity index (χ2v) is 5.28. The Balaban J connectivity index is 2.00. The summed E-state index contributed by atoms with van der Waals surface area (Å²) in [5.74, 6) is 0.994. The van der Waals surface area contributed by atoms with Gasteiger partial charge in [-0.2, -0.15) is 5.10 Å². The molecule has 1 aromatic heterocycles. The predicted octanol–water partition coefficient (Wildman–Crippen LogP) is 2.34. The van der Waals surface area contributed by atoms with Crippen molar-refractivity contribution >= 4 is 5.82 Å². The van der Waals surface area contributed by atoms with Gasteiger partial charge in [0.05, 0.1) is 5.69 Å². The second kappa shape index (κ2) is 5.65. The van der Waals surface area contributed by atoms with Gasteiger partial charge in [-0.25, -0.2) is 0 Å². The van der Waals surface area contributed by atoms with Gasteiger partial charge in [-0.3, -0.25) is 0 Å². The molecule has 0 atom stereocenters. The molecule has 1 aromatic rings. The summed E-state index contributed by atoms with van der Waals surface area (Å²) in [5, 5.41) is 8.40. The molecule has 4 heteroatoms. The minimum atomic E-state index is 0.460. The molecule has 0 saturated carbocycles. The lowest BCUT2D eigenvalue weighted by atomic mass is 9.74. The molecule has 0 bridgehead atoms. The molecule has 18 heavy (non-hydrogen) atoms. The van der Waals surface area contributed by atoms with Gasteiger partial charge < -0.3 is 10.6 Å². The van der Waals surface area contributed by atoms with Crippen LogP contribution in [0.15, 0.2) is 12.1 Å². The number of aromatic nitrogens is 2. The van der Waals surface area contributed by atoms with Gasteiger partial charge in [0.15, 0.2) is 5.82 Å². The van der Waals surface area contributed by atoms with E-state index in [4.69, 9.17) is 5.73 Å². The number of anilines is 1. The quantitative estimate of drug-likeness (QED) is 0.888. The van der Waals surface area contributed by atoms with Gasteiger partial charge in [0.25, 0.3) is 0 Å². The van der Waals surface area contributed by atoms with E-state index >= 15 is 0 Å². The molecule has 2 rings (SSSR count). The highest BCUT2D eigenvalue weighted by Crippen LogP contribution is 2.38. The Morgan fingerprint density at radius 3 is 2.28 bits per heavy atom. The number of rotatable bonds is 4. The van der Waals surface area contributed by atoms with Gasteiger partial charge in [0, 0.05) is 19.6 Å². The van der Waals surface area contributed by atoms with Crippen molar-refractivity contribution in [3.63, 3.8) is 0 Å². The van der Waals surface area contributed by atoms with E-state index in [9.17, 15) is 0 Å². The van der Waals surface area contributed by atoms with Crippen molar-refractivity contribution in [3.8, 4) is 0 Å². The van der Waals surface area contributed by atoms with E-state index in [1.165, 1.54) is 25.7 Å². The summed E-state index contributed by atoms with van der Waals surface area (Å²) in [6.45, 7) is 7.28. The lowest BCUT2D eigenvalue weighted by Crippen LogP contribution is -2.40. The Hall–Kier alpha value is -1.16.